The Balaban J connectivity index is 1.27. The monoisotopic (exact) mass is 554 g/mol. The smallest absolute Gasteiger partial charge is 0.276 e. The molecule has 3 aromatic heterocycles. The minimum Gasteiger partial charge on any atom is -0.379 e. The number of fused-ring (bicyclic) bond motifs is 1. The molecular formula is C26H35ClN10O2. The molecule has 208 valence electrons. The van der Waals surface area contributed by atoms with Gasteiger partial charge in [0.25, 0.3) is 5.91 Å². The molecule has 0 saturated heterocycles. The summed E-state index contributed by atoms with van der Waals surface area (Å²) in [6.07, 6.45) is 10.00. The second-order valence-corrected chi connectivity index (χ2v) is 10.7. The summed E-state index contributed by atoms with van der Waals surface area (Å²) in [6, 6.07) is 5.36. The van der Waals surface area contributed by atoms with Crippen LogP contribution in [0.2, 0.25) is 5.15 Å². The Bertz CT molecular complexity index is 1320. The summed E-state index contributed by atoms with van der Waals surface area (Å²) in [4.78, 5) is 33.9. The van der Waals surface area contributed by atoms with E-state index in [2.05, 4.69) is 31.2 Å². The maximum absolute atomic E-state index is 13.1. The van der Waals surface area contributed by atoms with Crippen molar-refractivity contribution in [3.05, 3.63) is 41.4 Å². The third-order valence-electron chi connectivity index (χ3n) is 7.10. The molecule has 39 heavy (non-hydrogen) atoms. The van der Waals surface area contributed by atoms with E-state index in [4.69, 9.17) is 28.2 Å². The summed E-state index contributed by atoms with van der Waals surface area (Å²) in [7, 11) is 0. The SMILES string of the molecule is NCCC[C@H](N)C(=O)N[C@H]1CC[C@H](Nc2cc(NC3CC3)c3ncc(C(=O)Nc4ccnc(Cl)c4)n3n2)CC1. The number of aromatic nitrogens is 4. The van der Waals surface area contributed by atoms with Crippen LogP contribution in [-0.4, -0.2) is 62.1 Å². The number of nitrogens with one attached hydrogen (secondary N) is 4. The summed E-state index contributed by atoms with van der Waals surface area (Å²) < 4.78 is 1.57. The van der Waals surface area contributed by atoms with Crippen molar-refractivity contribution in [2.24, 2.45) is 11.5 Å². The molecule has 8 N–H and O–H groups in total. The second-order valence-electron chi connectivity index (χ2n) is 10.3. The molecule has 0 aliphatic heterocycles. The lowest BCUT2D eigenvalue weighted by Gasteiger charge is -2.30. The number of nitrogens with zero attached hydrogens (tertiary/aromatic N) is 4. The third-order valence-corrected chi connectivity index (χ3v) is 7.31. The van der Waals surface area contributed by atoms with E-state index in [-0.39, 0.29) is 29.1 Å². The van der Waals surface area contributed by atoms with Gasteiger partial charge in [0.1, 0.15) is 11.0 Å². The molecule has 0 bridgehead atoms. The van der Waals surface area contributed by atoms with E-state index >= 15 is 0 Å². The van der Waals surface area contributed by atoms with Crippen molar-refractivity contribution in [1.29, 1.82) is 0 Å². The van der Waals surface area contributed by atoms with Crippen LogP contribution in [0.5, 0.6) is 0 Å². The van der Waals surface area contributed by atoms with Crippen LogP contribution in [0, 0.1) is 0 Å². The lowest BCUT2D eigenvalue weighted by molar-refractivity contribution is -0.123. The number of carbonyl (C=O) groups excluding carboxylic acids is 2. The molecule has 1 atom stereocenters. The molecule has 2 saturated carbocycles. The van der Waals surface area contributed by atoms with Crippen molar-refractivity contribution in [2.75, 3.05) is 22.5 Å². The van der Waals surface area contributed by atoms with Crippen molar-refractivity contribution in [1.82, 2.24) is 24.9 Å². The fourth-order valence-electron chi connectivity index (χ4n) is 4.79. The predicted octanol–water partition coefficient (Wildman–Crippen LogP) is 2.51. The highest BCUT2D eigenvalue weighted by Gasteiger charge is 2.27. The van der Waals surface area contributed by atoms with E-state index in [0.717, 1.165) is 50.6 Å². The van der Waals surface area contributed by atoms with Gasteiger partial charge < -0.3 is 32.7 Å². The van der Waals surface area contributed by atoms with E-state index in [9.17, 15) is 9.59 Å². The summed E-state index contributed by atoms with van der Waals surface area (Å²) in [5.74, 6) is 0.191. The highest BCUT2D eigenvalue weighted by molar-refractivity contribution is 6.29. The summed E-state index contributed by atoms with van der Waals surface area (Å²) in [5.41, 5.74) is 13.8. The number of halogens is 1. The Hall–Kier alpha value is -3.48. The van der Waals surface area contributed by atoms with Gasteiger partial charge in [-0.1, -0.05) is 11.6 Å². The van der Waals surface area contributed by atoms with E-state index in [1.165, 1.54) is 12.4 Å². The minimum absolute atomic E-state index is 0.104. The molecular weight excluding hydrogens is 520 g/mol. The second kappa shape index (κ2) is 12.1. The van der Waals surface area contributed by atoms with Crippen molar-refractivity contribution >= 4 is 46.3 Å². The highest BCUT2D eigenvalue weighted by atomic mass is 35.5. The van der Waals surface area contributed by atoms with Gasteiger partial charge in [-0.2, -0.15) is 0 Å². The summed E-state index contributed by atoms with van der Waals surface area (Å²) in [5, 5.41) is 18.0. The normalized spacial score (nSPS) is 19.9. The van der Waals surface area contributed by atoms with Gasteiger partial charge >= 0.3 is 0 Å². The van der Waals surface area contributed by atoms with Crippen molar-refractivity contribution in [3.8, 4) is 0 Å². The first-order valence-corrected chi connectivity index (χ1v) is 13.9. The first-order chi connectivity index (χ1) is 18.9. The van der Waals surface area contributed by atoms with Gasteiger partial charge in [0, 0.05) is 36.1 Å². The van der Waals surface area contributed by atoms with Crippen LogP contribution in [0.15, 0.2) is 30.6 Å². The Kier molecular flexibility index (Phi) is 8.44. The Morgan fingerprint density at radius 3 is 2.49 bits per heavy atom. The number of anilines is 3. The fraction of sp³-hybridized carbons (Fsp3) is 0.500. The molecule has 2 fully saturated rings. The molecule has 5 rings (SSSR count). The van der Waals surface area contributed by atoms with Gasteiger partial charge in [-0.05, 0) is 70.0 Å². The van der Waals surface area contributed by atoms with Crippen LogP contribution in [-0.2, 0) is 4.79 Å². The largest absolute Gasteiger partial charge is 0.379 e. The van der Waals surface area contributed by atoms with Crippen LogP contribution < -0.4 is 32.7 Å². The summed E-state index contributed by atoms with van der Waals surface area (Å²) in [6.45, 7) is 0.528. The number of rotatable bonds is 11. The number of imidazole rings is 1. The fourth-order valence-corrected chi connectivity index (χ4v) is 4.97. The molecule has 0 aromatic carbocycles. The quantitative estimate of drug-likeness (QED) is 0.194. The van der Waals surface area contributed by atoms with Crippen molar-refractivity contribution in [3.63, 3.8) is 0 Å². The lowest BCUT2D eigenvalue weighted by Crippen LogP contribution is -2.47. The zero-order chi connectivity index (χ0) is 27.4. The Labute approximate surface area is 231 Å². The number of amides is 2. The average Bonchev–Trinajstić information content (AvgIpc) is 3.63. The maximum atomic E-state index is 13.1. The maximum Gasteiger partial charge on any atom is 0.276 e. The topological polar surface area (TPSA) is 177 Å². The standard InChI is InChI=1S/C26H35ClN10O2/c27-22-12-18(9-11-30-22)35-26(39)21-14-31-24-20(32-15-3-4-15)13-23(36-37(21)24)33-16-5-7-17(8-6-16)34-25(38)19(29)2-1-10-28/h9,11-17,19,32H,1-8,10,28-29H2,(H,33,36)(H,34,38)(H,30,35,39)/t16-,17-,19-/m0/s1. The minimum atomic E-state index is -0.519. The van der Waals surface area contributed by atoms with Crippen molar-refractivity contribution < 1.29 is 9.59 Å². The molecule has 2 aliphatic carbocycles. The van der Waals surface area contributed by atoms with E-state index in [0.29, 0.717) is 41.9 Å². The van der Waals surface area contributed by atoms with Crippen LogP contribution in [0.1, 0.15) is 61.9 Å². The third kappa shape index (κ3) is 6.94. The average molecular weight is 555 g/mol. The molecule has 13 heteroatoms. The molecule has 2 aliphatic rings. The van der Waals surface area contributed by atoms with Crippen molar-refractivity contribution in [2.45, 2.75) is 75.5 Å². The lowest BCUT2D eigenvalue weighted by atomic mass is 9.91. The Morgan fingerprint density at radius 1 is 1.05 bits per heavy atom. The molecule has 0 unspecified atom stereocenters. The van der Waals surface area contributed by atoms with E-state index in [1.54, 1.807) is 16.6 Å². The van der Waals surface area contributed by atoms with Gasteiger partial charge in [-0.15, -0.1) is 5.10 Å². The zero-order valence-corrected chi connectivity index (χ0v) is 22.5. The molecule has 2 amide bonds. The molecule has 3 heterocycles. The molecule has 12 nitrogen and oxygen atoms in total. The van der Waals surface area contributed by atoms with E-state index < -0.39 is 6.04 Å². The number of pyridine rings is 1. The van der Waals surface area contributed by atoms with E-state index in [1.807, 2.05) is 6.07 Å². The van der Waals surface area contributed by atoms with Gasteiger partial charge in [-0.25, -0.2) is 14.5 Å². The van der Waals surface area contributed by atoms with Gasteiger partial charge in [0.15, 0.2) is 11.3 Å². The first kappa shape index (κ1) is 27.1. The zero-order valence-electron chi connectivity index (χ0n) is 21.7. The van der Waals surface area contributed by atoms with Gasteiger partial charge in [0.2, 0.25) is 5.91 Å². The van der Waals surface area contributed by atoms with Gasteiger partial charge in [-0.3, -0.25) is 9.59 Å². The first-order valence-electron chi connectivity index (χ1n) is 13.5. The van der Waals surface area contributed by atoms with Crippen LogP contribution in [0.3, 0.4) is 0 Å². The molecule has 3 aromatic rings. The van der Waals surface area contributed by atoms with Crippen LogP contribution in [0.25, 0.3) is 5.65 Å². The number of hydrogen-bond donors (Lipinski definition) is 6. The number of hydrogen-bond acceptors (Lipinski definition) is 9. The van der Waals surface area contributed by atoms with Crippen LogP contribution >= 0.6 is 11.6 Å². The number of nitrogens with two attached hydrogens (primary N) is 2. The van der Waals surface area contributed by atoms with Crippen LogP contribution in [0.4, 0.5) is 17.2 Å². The molecule has 0 spiro atoms. The Morgan fingerprint density at radius 2 is 1.77 bits per heavy atom. The molecule has 0 radical (unpaired) electrons. The summed E-state index contributed by atoms with van der Waals surface area (Å²) >= 11 is 5.96. The van der Waals surface area contributed by atoms with Gasteiger partial charge in [0.05, 0.1) is 17.9 Å². The highest BCUT2D eigenvalue weighted by Crippen LogP contribution is 2.30. The number of carbonyl (C=O) groups is 2. The predicted molar refractivity (Wildman–Crippen MR) is 151 cm³/mol.